The summed E-state index contributed by atoms with van der Waals surface area (Å²) in [6.07, 6.45) is 1.19. The van der Waals surface area contributed by atoms with Gasteiger partial charge in [0.2, 0.25) is 6.10 Å². The maximum absolute atomic E-state index is 12.3. The minimum Gasteiger partial charge on any atom is -0.507 e. The number of nitrogens with one attached hydrogen (secondary N) is 1. The Morgan fingerprint density at radius 2 is 1.90 bits per heavy atom. The minimum absolute atomic E-state index is 0.0575. The standard InChI is InChI=1S/C23H19ClN2O4/c24-18-6-2-1-5-16(18)11-15-9-10-19(27)17(12-15)13-25-26-23(28)22-14-29-20-7-3-4-8-21(20)30-22/h1-10,12-13,22,27H,11,14H2,(H,26,28)/b25-13-/t22-/m0/s1. The Balaban J connectivity index is 1.40. The van der Waals surface area contributed by atoms with Crippen molar-refractivity contribution in [1.82, 2.24) is 5.43 Å². The Kier molecular flexibility index (Phi) is 5.86. The molecule has 1 amide bonds. The van der Waals surface area contributed by atoms with Gasteiger partial charge < -0.3 is 14.6 Å². The fourth-order valence-electron chi connectivity index (χ4n) is 3.07. The zero-order valence-corrected chi connectivity index (χ0v) is 16.7. The van der Waals surface area contributed by atoms with Gasteiger partial charge in [-0.2, -0.15) is 5.10 Å². The topological polar surface area (TPSA) is 80.2 Å². The molecule has 30 heavy (non-hydrogen) atoms. The predicted molar refractivity (Wildman–Crippen MR) is 114 cm³/mol. The van der Waals surface area contributed by atoms with E-state index >= 15 is 0 Å². The van der Waals surface area contributed by atoms with Crippen LogP contribution in [0.15, 0.2) is 71.8 Å². The van der Waals surface area contributed by atoms with Crippen LogP contribution in [-0.4, -0.2) is 29.9 Å². The van der Waals surface area contributed by atoms with E-state index in [2.05, 4.69) is 10.5 Å². The maximum Gasteiger partial charge on any atom is 0.284 e. The van der Waals surface area contributed by atoms with Crippen LogP contribution in [0.25, 0.3) is 0 Å². The van der Waals surface area contributed by atoms with E-state index in [9.17, 15) is 9.90 Å². The maximum atomic E-state index is 12.3. The summed E-state index contributed by atoms with van der Waals surface area (Å²) in [4.78, 5) is 12.3. The summed E-state index contributed by atoms with van der Waals surface area (Å²) in [7, 11) is 0. The zero-order valence-electron chi connectivity index (χ0n) is 15.9. The molecule has 152 valence electrons. The highest BCUT2D eigenvalue weighted by Gasteiger charge is 2.27. The molecule has 0 spiro atoms. The molecule has 0 unspecified atom stereocenters. The average molecular weight is 423 g/mol. The number of para-hydroxylation sites is 2. The Labute approximate surface area is 178 Å². The molecule has 3 aromatic rings. The number of hydrogen-bond donors (Lipinski definition) is 2. The molecule has 0 radical (unpaired) electrons. The molecule has 2 N–H and O–H groups in total. The molecule has 0 bridgehead atoms. The van der Waals surface area contributed by atoms with E-state index in [4.69, 9.17) is 21.1 Å². The van der Waals surface area contributed by atoms with Crippen molar-refractivity contribution < 1.29 is 19.4 Å². The van der Waals surface area contributed by atoms with E-state index < -0.39 is 12.0 Å². The third-order valence-corrected chi connectivity index (χ3v) is 4.99. The molecule has 0 saturated heterocycles. The number of nitrogens with zero attached hydrogens (tertiary/aromatic N) is 1. The second-order valence-corrected chi connectivity index (χ2v) is 7.17. The van der Waals surface area contributed by atoms with Crippen molar-refractivity contribution in [2.45, 2.75) is 12.5 Å². The van der Waals surface area contributed by atoms with Gasteiger partial charge in [0.05, 0.1) is 6.21 Å². The molecule has 1 heterocycles. The van der Waals surface area contributed by atoms with Gasteiger partial charge in [0, 0.05) is 10.6 Å². The number of benzene rings is 3. The van der Waals surface area contributed by atoms with Crippen LogP contribution >= 0.6 is 11.6 Å². The molecule has 0 saturated carbocycles. The SMILES string of the molecule is O=C(N/N=C\c1cc(Cc2ccccc2Cl)ccc1O)[C@@H]1COc2ccccc2O1. The number of phenolic OH excluding ortho intramolecular Hbond substituents is 1. The number of amides is 1. The second-order valence-electron chi connectivity index (χ2n) is 6.76. The van der Waals surface area contributed by atoms with Gasteiger partial charge in [-0.3, -0.25) is 4.79 Å². The van der Waals surface area contributed by atoms with Crippen molar-refractivity contribution in [3.8, 4) is 17.2 Å². The molecule has 3 aromatic carbocycles. The van der Waals surface area contributed by atoms with Crippen LogP contribution in [0.3, 0.4) is 0 Å². The third kappa shape index (κ3) is 4.55. The number of phenols is 1. The van der Waals surface area contributed by atoms with Crippen molar-refractivity contribution in [2.24, 2.45) is 5.10 Å². The number of carbonyl (C=O) groups excluding carboxylic acids is 1. The largest absolute Gasteiger partial charge is 0.507 e. The van der Waals surface area contributed by atoms with E-state index in [-0.39, 0.29) is 12.4 Å². The molecule has 0 aromatic heterocycles. The molecule has 1 aliphatic rings. The first-order valence-corrected chi connectivity index (χ1v) is 9.74. The van der Waals surface area contributed by atoms with Gasteiger partial charge in [-0.15, -0.1) is 0 Å². The molecule has 7 heteroatoms. The highest BCUT2D eigenvalue weighted by Crippen LogP contribution is 2.30. The fraction of sp³-hybridized carbons (Fsp3) is 0.130. The molecule has 1 atom stereocenters. The number of rotatable bonds is 5. The van der Waals surface area contributed by atoms with Crippen LogP contribution in [0.2, 0.25) is 5.02 Å². The van der Waals surface area contributed by atoms with E-state index in [1.807, 2.05) is 36.4 Å². The first kappa shape index (κ1) is 19.8. The van der Waals surface area contributed by atoms with Crippen LogP contribution in [0.1, 0.15) is 16.7 Å². The first-order valence-electron chi connectivity index (χ1n) is 9.37. The van der Waals surface area contributed by atoms with Crippen molar-refractivity contribution in [3.63, 3.8) is 0 Å². The summed E-state index contributed by atoms with van der Waals surface area (Å²) in [6.45, 7) is 0.0942. The Hall–Kier alpha value is -3.51. The number of hydrogen-bond acceptors (Lipinski definition) is 5. The number of carbonyl (C=O) groups is 1. The smallest absolute Gasteiger partial charge is 0.284 e. The Morgan fingerprint density at radius 1 is 1.13 bits per heavy atom. The molecule has 0 fully saturated rings. The quantitative estimate of drug-likeness (QED) is 0.482. The second kappa shape index (κ2) is 8.88. The summed E-state index contributed by atoms with van der Waals surface area (Å²) in [6, 6.07) is 19.9. The summed E-state index contributed by atoms with van der Waals surface area (Å²) in [5, 5.41) is 14.7. The summed E-state index contributed by atoms with van der Waals surface area (Å²) >= 11 is 6.22. The normalized spacial score (nSPS) is 15.2. The van der Waals surface area contributed by atoms with Crippen molar-refractivity contribution in [1.29, 1.82) is 0 Å². The van der Waals surface area contributed by atoms with Crippen LogP contribution in [-0.2, 0) is 11.2 Å². The van der Waals surface area contributed by atoms with Gasteiger partial charge in [0.25, 0.3) is 5.91 Å². The molecule has 1 aliphatic heterocycles. The van der Waals surface area contributed by atoms with E-state index in [0.29, 0.717) is 28.5 Å². The number of hydrazone groups is 1. The van der Waals surface area contributed by atoms with Gasteiger partial charge >= 0.3 is 0 Å². The molecular weight excluding hydrogens is 404 g/mol. The van der Waals surface area contributed by atoms with E-state index in [0.717, 1.165) is 11.1 Å². The lowest BCUT2D eigenvalue weighted by atomic mass is 10.0. The van der Waals surface area contributed by atoms with Crippen LogP contribution < -0.4 is 14.9 Å². The summed E-state index contributed by atoms with van der Waals surface area (Å²) < 4.78 is 11.2. The number of fused-ring (bicyclic) bond motifs is 1. The van der Waals surface area contributed by atoms with Gasteiger partial charge in [0.15, 0.2) is 11.5 Å². The lowest BCUT2D eigenvalue weighted by Gasteiger charge is -2.24. The lowest BCUT2D eigenvalue weighted by molar-refractivity contribution is -0.130. The monoisotopic (exact) mass is 422 g/mol. The summed E-state index contributed by atoms with van der Waals surface area (Å²) in [5.74, 6) is 0.734. The first-order chi connectivity index (χ1) is 14.6. The van der Waals surface area contributed by atoms with E-state index in [1.54, 1.807) is 30.3 Å². The highest BCUT2D eigenvalue weighted by atomic mass is 35.5. The molecular formula is C23H19ClN2O4. The molecule has 0 aliphatic carbocycles. The van der Waals surface area contributed by atoms with Gasteiger partial charge in [0.1, 0.15) is 12.4 Å². The van der Waals surface area contributed by atoms with Crippen LogP contribution in [0.5, 0.6) is 17.2 Å². The number of ether oxygens (including phenoxy) is 2. The average Bonchev–Trinajstić information content (AvgIpc) is 2.77. The van der Waals surface area contributed by atoms with Crippen molar-refractivity contribution in [3.05, 3.63) is 88.4 Å². The fourth-order valence-corrected chi connectivity index (χ4v) is 3.27. The van der Waals surface area contributed by atoms with Gasteiger partial charge in [-0.1, -0.05) is 48.0 Å². The van der Waals surface area contributed by atoms with Gasteiger partial charge in [-0.25, -0.2) is 5.43 Å². The predicted octanol–water partition coefficient (Wildman–Crippen LogP) is 3.93. The summed E-state index contributed by atoms with van der Waals surface area (Å²) in [5.41, 5.74) is 4.84. The lowest BCUT2D eigenvalue weighted by Crippen LogP contribution is -2.42. The molecule has 4 rings (SSSR count). The van der Waals surface area contributed by atoms with Gasteiger partial charge in [-0.05, 0) is 47.9 Å². The van der Waals surface area contributed by atoms with Crippen LogP contribution in [0, 0.1) is 0 Å². The number of aromatic hydroxyl groups is 1. The highest BCUT2D eigenvalue weighted by molar-refractivity contribution is 6.31. The Morgan fingerprint density at radius 3 is 2.73 bits per heavy atom. The zero-order chi connectivity index (χ0) is 20.9. The van der Waals surface area contributed by atoms with Crippen LogP contribution in [0.4, 0.5) is 0 Å². The third-order valence-electron chi connectivity index (χ3n) is 4.62. The Bertz CT molecular complexity index is 1100. The van der Waals surface area contributed by atoms with Crippen molar-refractivity contribution >= 4 is 23.7 Å². The minimum atomic E-state index is -0.808. The van der Waals surface area contributed by atoms with E-state index in [1.165, 1.54) is 6.21 Å². The van der Waals surface area contributed by atoms with Crippen molar-refractivity contribution in [2.75, 3.05) is 6.61 Å². The molecule has 6 nitrogen and oxygen atoms in total. The number of halogens is 1.